The van der Waals surface area contributed by atoms with Crippen LogP contribution < -0.4 is 24.0 Å². The van der Waals surface area contributed by atoms with Crippen LogP contribution >= 0.6 is 0 Å². The molecule has 8 nitrogen and oxygen atoms in total. The van der Waals surface area contributed by atoms with Crippen LogP contribution in [0.4, 0.5) is 11.4 Å². The maximum absolute atomic E-state index is 13.5. The van der Waals surface area contributed by atoms with E-state index in [0.29, 0.717) is 46.6 Å². The lowest BCUT2D eigenvalue weighted by Gasteiger charge is -2.26. The highest BCUT2D eigenvalue weighted by molar-refractivity contribution is 6.51. The fourth-order valence-corrected chi connectivity index (χ4v) is 4.77. The lowest BCUT2D eigenvalue weighted by molar-refractivity contribution is -0.132. The van der Waals surface area contributed by atoms with Crippen LogP contribution in [0, 0.1) is 12.8 Å². The number of hydrogen-bond acceptors (Lipinski definition) is 7. The van der Waals surface area contributed by atoms with Crippen molar-refractivity contribution in [2.45, 2.75) is 26.8 Å². The van der Waals surface area contributed by atoms with Gasteiger partial charge in [0, 0.05) is 37.1 Å². The van der Waals surface area contributed by atoms with E-state index in [1.165, 1.54) is 4.90 Å². The predicted molar refractivity (Wildman–Crippen MR) is 150 cm³/mol. The molecule has 1 amide bonds. The average molecular weight is 529 g/mol. The molecule has 3 aromatic rings. The number of rotatable bonds is 7. The van der Waals surface area contributed by atoms with E-state index < -0.39 is 17.7 Å². The van der Waals surface area contributed by atoms with E-state index in [0.717, 1.165) is 11.3 Å². The van der Waals surface area contributed by atoms with Crippen LogP contribution in [0.2, 0.25) is 0 Å². The number of nitrogens with zero attached hydrogens (tertiary/aromatic N) is 2. The monoisotopic (exact) mass is 528 g/mol. The molecule has 0 aromatic heterocycles. The highest BCUT2D eigenvalue weighted by Gasteiger charge is 2.47. The molecule has 1 atom stereocenters. The molecule has 1 N–H and O–H groups in total. The second kappa shape index (κ2) is 10.4. The normalized spacial score (nSPS) is 17.7. The number of Topliss-reactive ketones (excluding diaryl/α,β-unsaturated/α-hetero) is 1. The maximum Gasteiger partial charge on any atom is 0.300 e. The van der Waals surface area contributed by atoms with Gasteiger partial charge in [0.2, 0.25) is 6.79 Å². The number of aliphatic hydroxyl groups excluding tert-OH is 1. The van der Waals surface area contributed by atoms with Gasteiger partial charge in [-0.15, -0.1) is 0 Å². The summed E-state index contributed by atoms with van der Waals surface area (Å²) in [6.07, 6.45) is 0. The third kappa shape index (κ3) is 4.90. The zero-order valence-corrected chi connectivity index (χ0v) is 22.7. The number of hydrogen-bond donors (Lipinski definition) is 1. The Labute approximate surface area is 228 Å². The molecule has 1 saturated heterocycles. The lowest BCUT2D eigenvalue weighted by Crippen LogP contribution is -2.29. The van der Waals surface area contributed by atoms with E-state index in [2.05, 4.69) is 13.8 Å². The van der Waals surface area contributed by atoms with Gasteiger partial charge in [0.1, 0.15) is 11.5 Å². The van der Waals surface area contributed by atoms with Crippen LogP contribution in [-0.4, -0.2) is 44.3 Å². The summed E-state index contributed by atoms with van der Waals surface area (Å²) in [5.74, 6) is 0.397. The van der Waals surface area contributed by atoms with Crippen LogP contribution in [-0.2, 0) is 9.59 Å². The van der Waals surface area contributed by atoms with Gasteiger partial charge >= 0.3 is 0 Å². The van der Waals surface area contributed by atoms with Gasteiger partial charge in [0.25, 0.3) is 11.7 Å². The van der Waals surface area contributed by atoms with Crippen molar-refractivity contribution in [1.82, 2.24) is 0 Å². The zero-order chi connectivity index (χ0) is 27.8. The Morgan fingerprint density at radius 1 is 1.03 bits per heavy atom. The molecule has 1 fully saturated rings. The predicted octanol–water partition coefficient (Wildman–Crippen LogP) is 5.45. The Hall–Kier alpha value is -4.46. The largest absolute Gasteiger partial charge is 0.507 e. The van der Waals surface area contributed by atoms with Crippen molar-refractivity contribution in [3.63, 3.8) is 0 Å². The van der Waals surface area contributed by atoms with Crippen molar-refractivity contribution in [2.75, 3.05) is 37.3 Å². The summed E-state index contributed by atoms with van der Waals surface area (Å²) >= 11 is 0. The van der Waals surface area contributed by atoms with Gasteiger partial charge in [-0.2, -0.15) is 0 Å². The Balaban J connectivity index is 1.62. The van der Waals surface area contributed by atoms with Crippen LogP contribution in [0.15, 0.2) is 66.2 Å². The molecule has 0 aliphatic carbocycles. The molecule has 202 valence electrons. The van der Waals surface area contributed by atoms with Gasteiger partial charge in [-0.05, 0) is 66.4 Å². The molecule has 2 heterocycles. The number of benzene rings is 3. The minimum atomic E-state index is -0.848. The lowest BCUT2D eigenvalue weighted by atomic mass is 9.94. The van der Waals surface area contributed by atoms with Crippen molar-refractivity contribution in [1.29, 1.82) is 0 Å². The van der Waals surface area contributed by atoms with E-state index >= 15 is 0 Å². The van der Waals surface area contributed by atoms with Gasteiger partial charge in [-0.3, -0.25) is 14.5 Å². The van der Waals surface area contributed by atoms with Gasteiger partial charge < -0.3 is 24.2 Å². The molecule has 1 unspecified atom stereocenters. The molecule has 0 saturated carbocycles. The number of carbonyl (C=O) groups is 2. The first-order valence-electron chi connectivity index (χ1n) is 12.9. The Kier molecular flexibility index (Phi) is 6.95. The van der Waals surface area contributed by atoms with E-state index in [9.17, 15) is 14.7 Å². The van der Waals surface area contributed by atoms with Crippen molar-refractivity contribution in [3.8, 4) is 17.2 Å². The first-order valence-corrected chi connectivity index (χ1v) is 12.9. The highest BCUT2D eigenvalue weighted by Crippen LogP contribution is 2.45. The van der Waals surface area contributed by atoms with Gasteiger partial charge in [0.05, 0.1) is 18.2 Å². The molecular weight excluding hydrogens is 496 g/mol. The molecule has 2 aliphatic rings. The Morgan fingerprint density at radius 2 is 1.74 bits per heavy atom. The van der Waals surface area contributed by atoms with Crippen molar-refractivity contribution in [2.24, 2.45) is 5.92 Å². The summed E-state index contributed by atoms with van der Waals surface area (Å²) in [5, 5.41) is 11.5. The second-order valence-corrected chi connectivity index (χ2v) is 10.4. The summed E-state index contributed by atoms with van der Waals surface area (Å²) in [6, 6.07) is 17.1. The summed E-state index contributed by atoms with van der Waals surface area (Å²) < 4.78 is 16.8. The molecule has 5 rings (SSSR count). The highest BCUT2D eigenvalue weighted by atomic mass is 16.7. The van der Waals surface area contributed by atoms with Crippen LogP contribution in [0.3, 0.4) is 0 Å². The van der Waals surface area contributed by atoms with E-state index in [-0.39, 0.29) is 18.1 Å². The first-order chi connectivity index (χ1) is 18.7. The quantitative estimate of drug-likeness (QED) is 0.248. The Bertz CT molecular complexity index is 1460. The Morgan fingerprint density at radius 3 is 2.41 bits per heavy atom. The molecule has 0 bridgehead atoms. The second-order valence-electron chi connectivity index (χ2n) is 10.4. The minimum absolute atomic E-state index is 0.0190. The minimum Gasteiger partial charge on any atom is -0.507 e. The molecule has 39 heavy (non-hydrogen) atoms. The van der Waals surface area contributed by atoms with Crippen LogP contribution in [0.1, 0.15) is 36.6 Å². The smallest absolute Gasteiger partial charge is 0.300 e. The van der Waals surface area contributed by atoms with E-state index in [4.69, 9.17) is 14.2 Å². The molecule has 0 radical (unpaired) electrons. The van der Waals surface area contributed by atoms with Gasteiger partial charge in [-0.25, -0.2) is 0 Å². The van der Waals surface area contributed by atoms with Crippen molar-refractivity contribution < 1.29 is 28.9 Å². The number of aliphatic hydroxyl groups is 1. The third-order valence-corrected chi connectivity index (χ3v) is 6.82. The molecule has 2 aliphatic heterocycles. The SMILES string of the molecule is Cc1cc(/C(O)=C2\C(=O)C(=O)N(c3ccc4c(c3)OCO4)C2c2ccc(N(C)C)cc2)ccc1OCC(C)C. The van der Waals surface area contributed by atoms with E-state index in [1.54, 1.807) is 36.4 Å². The molecule has 8 heteroatoms. The number of amides is 1. The topological polar surface area (TPSA) is 88.5 Å². The van der Waals surface area contributed by atoms with Gasteiger partial charge in [0.15, 0.2) is 11.5 Å². The number of ether oxygens (including phenoxy) is 3. The fourth-order valence-electron chi connectivity index (χ4n) is 4.77. The average Bonchev–Trinajstić information content (AvgIpc) is 3.49. The van der Waals surface area contributed by atoms with Crippen molar-refractivity contribution in [3.05, 3.63) is 82.9 Å². The summed E-state index contributed by atoms with van der Waals surface area (Å²) in [4.78, 5) is 30.4. The van der Waals surface area contributed by atoms with Crippen molar-refractivity contribution >= 4 is 28.8 Å². The molecular formula is C31H32N2O6. The number of anilines is 2. The number of aryl methyl sites for hydroxylation is 1. The number of fused-ring (bicyclic) bond motifs is 1. The zero-order valence-electron chi connectivity index (χ0n) is 22.7. The third-order valence-electron chi connectivity index (χ3n) is 6.82. The first kappa shape index (κ1) is 26.2. The molecule has 0 spiro atoms. The summed E-state index contributed by atoms with van der Waals surface area (Å²) in [7, 11) is 3.87. The van der Waals surface area contributed by atoms with Crippen LogP contribution in [0.25, 0.3) is 5.76 Å². The summed E-state index contributed by atoms with van der Waals surface area (Å²) in [6.45, 7) is 6.67. The van der Waals surface area contributed by atoms with E-state index in [1.807, 2.05) is 50.2 Å². The summed E-state index contributed by atoms with van der Waals surface area (Å²) in [5.41, 5.74) is 3.39. The maximum atomic E-state index is 13.5. The number of carbonyl (C=O) groups excluding carboxylic acids is 2. The fraction of sp³-hybridized carbons (Fsp3) is 0.290. The standard InChI is InChI=1S/C31H32N2O6/c1-18(2)16-37-24-12-8-21(14-19(24)3)29(34)27-28(20-6-9-22(10-7-20)32(4)5)33(31(36)30(27)35)23-11-13-25-26(15-23)39-17-38-25/h6-15,18,28,34H,16-17H2,1-5H3/b29-27+. The van der Waals surface area contributed by atoms with Gasteiger partial charge in [-0.1, -0.05) is 26.0 Å². The number of ketones is 1. The molecule has 3 aromatic carbocycles. The van der Waals surface area contributed by atoms with Crippen LogP contribution in [0.5, 0.6) is 17.2 Å².